The van der Waals surface area contributed by atoms with Crippen molar-refractivity contribution in [1.82, 2.24) is 4.37 Å². The van der Waals surface area contributed by atoms with Crippen molar-refractivity contribution in [2.75, 3.05) is 11.9 Å². The Morgan fingerprint density at radius 3 is 2.79 bits per heavy atom. The zero-order valence-electron chi connectivity index (χ0n) is 9.60. The predicted molar refractivity (Wildman–Crippen MR) is 71.7 cm³/mol. The van der Waals surface area contributed by atoms with Gasteiger partial charge in [-0.05, 0) is 29.2 Å². The third kappa shape index (κ3) is 3.20. The standard InChI is InChI=1S/C12H9ClFN3OS/c13-11-9(5-15)12(19-17-11)16-6-10(18)7-1-3-8(14)4-2-7/h1-4,10,16,18H,6H2/t10-/m0/s1. The third-order valence-corrected chi connectivity index (χ3v) is 3.65. The maximum absolute atomic E-state index is 12.7. The Balaban J connectivity index is 2.02. The molecule has 7 heteroatoms. The number of benzene rings is 1. The molecule has 0 saturated carbocycles. The highest BCUT2D eigenvalue weighted by molar-refractivity contribution is 7.10. The highest BCUT2D eigenvalue weighted by atomic mass is 35.5. The number of anilines is 1. The largest absolute Gasteiger partial charge is 0.387 e. The van der Waals surface area contributed by atoms with Gasteiger partial charge in [0.15, 0.2) is 5.15 Å². The molecule has 2 rings (SSSR count). The van der Waals surface area contributed by atoms with Gasteiger partial charge in [0.25, 0.3) is 0 Å². The molecular formula is C12H9ClFN3OS. The second kappa shape index (κ2) is 5.97. The highest BCUT2D eigenvalue weighted by Gasteiger charge is 2.13. The monoisotopic (exact) mass is 297 g/mol. The van der Waals surface area contributed by atoms with Crippen molar-refractivity contribution >= 4 is 28.1 Å². The SMILES string of the molecule is N#Cc1c(Cl)nsc1NC[C@H](O)c1ccc(F)cc1. The molecule has 0 radical (unpaired) electrons. The molecule has 1 aromatic heterocycles. The lowest BCUT2D eigenvalue weighted by Gasteiger charge is -2.11. The Bertz CT molecular complexity index is 608. The van der Waals surface area contributed by atoms with E-state index in [2.05, 4.69) is 9.69 Å². The fourth-order valence-corrected chi connectivity index (χ4v) is 2.42. The minimum atomic E-state index is -0.812. The molecule has 1 atom stereocenters. The molecule has 0 amide bonds. The lowest BCUT2D eigenvalue weighted by molar-refractivity contribution is 0.191. The van der Waals surface area contributed by atoms with Crippen LogP contribution in [-0.2, 0) is 0 Å². The number of hydrogen-bond acceptors (Lipinski definition) is 5. The molecule has 2 aromatic rings. The molecule has 0 saturated heterocycles. The number of halogens is 2. The van der Waals surface area contributed by atoms with E-state index in [9.17, 15) is 9.50 Å². The predicted octanol–water partition coefficient (Wildman–Crippen LogP) is 2.95. The van der Waals surface area contributed by atoms with E-state index >= 15 is 0 Å². The minimum absolute atomic E-state index is 0.145. The number of aliphatic hydroxyl groups is 1. The van der Waals surface area contributed by atoms with Crippen LogP contribution >= 0.6 is 23.1 Å². The lowest BCUT2D eigenvalue weighted by Crippen LogP contribution is -2.12. The van der Waals surface area contributed by atoms with Crippen LogP contribution in [0.4, 0.5) is 9.39 Å². The maximum atomic E-state index is 12.7. The summed E-state index contributed by atoms with van der Waals surface area (Å²) in [5.74, 6) is -0.357. The van der Waals surface area contributed by atoms with Crippen molar-refractivity contribution in [2.45, 2.75) is 6.10 Å². The quantitative estimate of drug-likeness (QED) is 0.910. The Morgan fingerprint density at radius 1 is 1.47 bits per heavy atom. The van der Waals surface area contributed by atoms with E-state index in [0.29, 0.717) is 10.6 Å². The smallest absolute Gasteiger partial charge is 0.162 e. The normalized spacial score (nSPS) is 11.9. The topological polar surface area (TPSA) is 68.9 Å². The third-order valence-electron chi connectivity index (χ3n) is 2.47. The van der Waals surface area contributed by atoms with E-state index in [-0.39, 0.29) is 23.1 Å². The van der Waals surface area contributed by atoms with Crippen molar-refractivity contribution in [3.8, 4) is 6.07 Å². The van der Waals surface area contributed by atoms with E-state index in [1.54, 1.807) is 0 Å². The van der Waals surface area contributed by atoms with Crippen LogP contribution in [0.3, 0.4) is 0 Å². The second-order valence-corrected chi connectivity index (χ2v) is 4.87. The second-order valence-electron chi connectivity index (χ2n) is 3.74. The van der Waals surface area contributed by atoms with Crippen molar-refractivity contribution < 1.29 is 9.50 Å². The number of nitrogens with zero attached hydrogens (tertiary/aromatic N) is 2. The molecule has 0 unspecified atom stereocenters. The summed E-state index contributed by atoms with van der Waals surface area (Å²) in [6, 6.07) is 7.51. The molecule has 0 bridgehead atoms. The van der Waals surface area contributed by atoms with Gasteiger partial charge in [-0.2, -0.15) is 9.64 Å². The molecular weight excluding hydrogens is 289 g/mol. The number of nitriles is 1. The van der Waals surface area contributed by atoms with Gasteiger partial charge >= 0.3 is 0 Å². The van der Waals surface area contributed by atoms with Crippen LogP contribution in [0, 0.1) is 17.1 Å². The fourth-order valence-electron chi connectivity index (χ4n) is 1.48. The summed E-state index contributed by atoms with van der Waals surface area (Å²) in [4.78, 5) is 0. The highest BCUT2D eigenvalue weighted by Crippen LogP contribution is 2.28. The van der Waals surface area contributed by atoms with Gasteiger partial charge in [0.05, 0.1) is 6.10 Å². The first-order valence-electron chi connectivity index (χ1n) is 5.34. The zero-order chi connectivity index (χ0) is 13.8. The summed E-state index contributed by atoms with van der Waals surface area (Å²) in [7, 11) is 0. The van der Waals surface area contributed by atoms with Crippen molar-refractivity contribution in [1.29, 1.82) is 5.26 Å². The molecule has 4 nitrogen and oxygen atoms in total. The molecule has 98 valence electrons. The van der Waals surface area contributed by atoms with Gasteiger partial charge in [0.1, 0.15) is 22.5 Å². The van der Waals surface area contributed by atoms with Gasteiger partial charge in [-0.1, -0.05) is 23.7 Å². The Labute approximate surface area is 118 Å². The molecule has 0 aliphatic heterocycles. The summed E-state index contributed by atoms with van der Waals surface area (Å²) in [5.41, 5.74) is 0.848. The fraction of sp³-hybridized carbons (Fsp3) is 0.167. The van der Waals surface area contributed by atoms with Crippen molar-refractivity contribution in [3.05, 3.63) is 46.4 Å². The summed E-state index contributed by atoms with van der Waals surface area (Å²) in [6.45, 7) is 0.179. The first kappa shape index (κ1) is 13.7. The van der Waals surface area contributed by atoms with Crippen LogP contribution in [0.2, 0.25) is 5.15 Å². The molecule has 1 aromatic carbocycles. The maximum Gasteiger partial charge on any atom is 0.162 e. The number of aromatic nitrogens is 1. The van der Waals surface area contributed by atoms with E-state index in [4.69, 9.17) is 16.9 Å². The van der Waals surface area contributed by atoms with Crippen LogP contribution in [0.5, 0.6) is 0 Å². The first-order chi connectivity index (χ1) is 9.11. The Morgan fingerprint density at radius 2 is 2.16 bits per heavy atom. The Kier molecular flexibility index (Phi) is 4.32. The number of rotatable bonds is 4. The van der Waals surface area contributed by atoms with Gasteiger partial charge in [-0.25, -0.2) is 4.39 Å². The van der Waals surface area contributed by atoms with Crippen molar-refractivity contribution in [3.63, 3.8) is 0 Å². The molecule has 0 spiro atoms. The van der Waals surface area contributed by atoms with Gasteiger partial charge in [0, 0.05) is 6.54 Å². The van der Waals surface area contributed by atoms with Crippen LogP contribution < -0.4 is 5.32 Å². The number of aliphatic hydroxyl groups excluding tert-OH is 1. The van der Waals surface area contributed by atoms with Crippen LogP contribution in [0.1, 0.15) is 17.2 Å². The molecule has 0 aliphatic carbocycles. The molecule has 1 heterocycles. The summed E-state index contributed by atoms with van der Waals surface area (Å²) < 4.78 is 16.6. The number of nitrogens with one attached hydrogen (secondary N) is 1. The van der Waals surface area contributed by atoms with Gasteiger partial charge < -0.3 is 10.4 Å². The molecule has 19 heavy (non-hydrogen) atoms. The first-order valence-corrected chi connectivity index (χ1v) is 6.49. The van der Waals surface area contributed by atoms with Gasteiger partial charge in [0.2, 0.25) is 0 Å². The van der Waals surface area contributed by atoms with Gasteiger partial charge in [-0.15, -0.1) is 0 Å². The van der Waals surface area contributed by atoms with E-state index in [1.165, 1.54) is 24.3 Å². The summed E-state index contributed by atoms with van der Waals surface area (Å²) in [6.07, 6.45) is -0.812. The minimum Gasteiger partial charge on any atom is -0.387 e. The average Bonchev–Trinajstić information content (AvgIpc) is 2.77. The van der Waals surface area contributed by atoms with Crippen molar-refractivity contribution in [2.24, 2.45) is 0 Å². The Hall–Kier alpha value is -1.68. The molecule has 0 fully saturated rings. The van der Waals surface area contributed by atoms with Crippen LogP contribution in [0.15, 0.2) is 24.3 Å². The van der Waals surface area contributed by atoms with E-state index in [0.717, 1.165) is 11.5 Å². The lowest BCUT2D eigenvalue weighted by atomic mass is 10.1. The van der Waals surface area contributed by atoms with E-state index in [1.807, 2.05) is 6.07 Å². The van der Waals surface area contributed by atoms with Crippen LogP contribution in [-0.4, -0.2) is 16.0 Å². The molecule has 0 aliphatic rings. The summed E-state index contributed by atoms with van der Waals surface area (Å²) >= 11 is 6.78. The number of hydrogen-bond donors (Lipinski definition) is 2. The van der Waals surface area contributed by atoms with E-state index < -0.39 is 6.10 Å². The van der Waals surface area contributed by atoms with Crippen LogP contribution in [0.25, 0.3) is 0 Å². The van der Waals surface area contributed by atoms with Gasteiger partial charge in [-0.3, -0.25) is 0 Å². The average molecular weight is 298 g/mol. The summed E-state index contributed by atoms with van der Waals surface area (Å²) in [5, 5.41) is 22.4. The zero-order valence-corrected chi connectivity index (χ0v) is 11.2. The molecule has 2 N–H and O–H groups in total.